The number of rotatable bonds is 1. The maximum atomic E-state index is 5.58. The third kappa shape index (κ3) is 2.84. The summed E-state index contributed by atoms with van der Waals surface area (Å²) in [6, 6.07) is 0. The van der Waals surface area contributed by atoms with Gasteiger partial charge in [0, 0.05) is 12.8 Å². The molecule has 0 aliphatic carbocycles. The standard InChI is InChI=1S/C9H14N2O.C2H6/c1-8-6-10-11(7-8)9-4-2-3-5-12-9;1-2/h6-7,9H,2-5H2,1H3;1-2H3. The highest BCUT2D eigenvalue weighted by molar-refractivity contribution is 4.99. The molecule has 2 heterocycles. The van der Waals surface area contributed by atoms with Crippen molar-refractivity contribution in [3.05, 3.63) is 18.0 Å². The van der Waals surface area contributed by atoms with Crippen molar-refractivity contribution >= 4 is 0 Å². The van der Waals surface area contributed by atoms with Gasteiger partial charge in [-0.05, 0) is 31.7 Å². The van der Waals surface area contributed by atoms with Crippen molar-refractivity contribution < 1.29 is 4.74 Å². The molecule has 0 bridgehead atoms. The Bertz CT molecular complexity index is 252. The van der Waals surface area contributed by atoms with Gasteiger partial charge < -0.3 is 4.74 Å². The van der Waals surface area contributed by atoms with Crippen molar-refractivity contribution in [3.63, 3.8) is 0 Å². The molecule has 1 aliphatic rings. The van der Waals surface area contributed by atoms with E-state index in [2.05, 4.69) is 5.10 Å². The van der Waals surface area contributed by atoms with Crippen molar-refractivity contribution in [1.82, 2.24) is 9.78 Å². The lowest BCUT2D eigenvalue weighted by Gasteiger charge is -2.22. The highest BCUT2D eigenvalue weighted by Crippen LogP contribution is 2.21. The molecule has 1 aromatic heterocycles. The maximum absolute atomic E-state index is 5.58. The molecule has 80 valence electrons. The smallest absolute Gasteiger partial charge is 0.150 e. The summed E-state index contributed by atoms with van der Waals surface area (Å²) in [7, 11) is 0. The van der Waals surface area contributed by atoms with Crippen LogP contribution in [-0.4, -0.2) is 16.4 Å². The SMILES string of the molecule is CC.Cc1cnn(C2CCCCO2)c1. The van der Waals surface area contributed by atoms with E-state index in [4.69, 9.17) is 4.74 Å². The minimum Gasteiger partial charge on any atom is -0.357 e. The van der Waals surface area contributed by atoms with Gasteiger partial charge in [0.25, 0.3) is 0 Å². The summed E-state index contributed by atoms with van der Waals surface area (Å²) in [5.41, 5.74) is 1.20. The van der Waals surface area contributed by atoms with Crippen molar-refractivity contribution in [2.45, 2.75) is 46.3 Å². The summed E-state index contributed by atoms with van der Waals surface area (Å²) in [5.74, 6) is 0. The van der Waals surface area contributed by atoms with Crippen molar-refractivity contribution in [2.24, 2.45) is 0 Å². The quantitative estimate of drug-likeness (QED) is 0.690. The second kappa shape index (κ2) is 5.81. The number of hydrogen-bond acceptors (Lipinski definition) is 2. The van der Waals surface area contributed by atoms with Gasteiger partial charge in [0.15, 0.2) is 0 Å². The Morgan fingerprint density at radius 2 is 2.21 bits per heavy atom. The maximum Gasteiger partial charge on any atom is 0.150 e. The average molecular weight is 196 g/mol. The molecule has 1 fully saturated rings. The molecule has 0 aromatic carbocycles. The van der Waals surface area contributed by atoms with Gasteiger partial charge in [-0.15, -0.1) is 0 Å². The Labute approximate surface area is 86.1 Å². The molecule has 3 heteroatoms. The molecular formula is C11H20N2O. The Morgan fingerprint density at radius 3 is 2.71 bits per heavy atom. The highest BCUT2D eigenvalue weighted by atomic mass is 16.5. The molecule has 1 unspecified atom stereocenters. The van der Waals surface area contributed by atoms with Gasteiger partial charge in [0.05, 0.1) is 6.20 Å². The van der Waals surface area contributed by atoms with Crippen LogP contribution < -0.4 is 0 Å². The molecule has 14 heavy (non-hydrogen) atoms. The van der Waals surface area contributed by atoms with Gasteiger partial charge in [-0.3, -0.25) is 0 Å². The third-order valence-electron chi connectivity index (χ3n) is 2.18. The number of aromatic nitrogens is 2. The van der Waals surface area contributed by atoms with Crippen LogP contribution in [0, 0.1) is 6.92 Å². The van der Waals surface area contributed by atoms with E-state index in [0.29, 0.717) is 0 Å². The van der Waals surface area contributed by atoms with Crippen LogP contribution >= 0.6 is 0 Å². The fourth-order valence-corrected chi connectivity index (χ4v) is 1.52. The summed E-state index contributed by atoms with van der Waals surface area (Å²) < 4.78 is 7.50. The lowest BCUT2D eigenvalue weighted by atomic mass is 10.2. The predicted octanol–water partition coefficient (Wildman–Crippen LogP) is 2.92. The summed E-state index contributed by atoms with van der Waals surface area (Å²) in [6.45, 7) is 6.93. The number of ether oxygens (including phenoxy) is 1. The van der Waals surface area contributed by atoms with Gasteiger partial charge in [0.2, 0.25) is 0 Å². The van der Waals surface area contributed by atoms with E-state index in [1.807, 2.05) is 37.8 Å². The van der Waals surface area contributed by atoms with Gasteiger partial charge in [-0.25, -0.2) is 4.68 Å². The van der Waals surface area contributed by atoms with E-state index in [0.717, 1.165) is 13.0 Å². The summed E-state index contributed by atoms with van der Waals surface area (Å²) in [6.07, 6.45) is 7.64. The van der Waals surface area contributed by atoms with E-state index in [1.54, 1.807) is 0 Å². The molecule has 0 saturated carbocycles. The highest BCUT2D eigenvalue weighted by Gasteiger charge is 2.15. The molecular weight excluding hydrogens is 176 g/mol. The normalized spacial score (nSPS) is 21.2. The average Bonchev–Trinajstić information content (AvgIpc) is 2.69. The van der Waals surface area contributed by atoms with Gasteiger partial charge >= 0.3 is 0 Å². The van der Waals surface area contributed by atoms with Crippen LogP contribution in [0.2, 0.25) is 0 Å². The fourth-order valence-electron chi connectivity index (χ4n) is 1.52. The Balaban J connectivity index is 0.000000461. The second-order valence-electron chi connectivity index (χ2n) is 3.32. The van der Waals surface area contributed by atoms with E-state index >= 15 is 0 Å². The van der Waals surface area contributed by atoms with Crippen LogP contribution in [0.25, 0.3) is 0 Å². The van der Waals surface area contributed by atoms with Crippen molar-refractivity contribution in [3.8, 4) is 0 Å². The lowest BCUT2D eigenvalue weighted by Crippen LogP contribution is -2.18. The zero-order valence-corrected chi connectivity index (χ0v) is 9.36. The fraction of sp³-hybridized carbons (Fsp3) is 0.727. The molecule has 2 rings (SSSR count). The molecule has 0 spiro atoms. The first-order valence-corrected chi connectivity index (χ1v) is 5.48. The van der Waals surface area contributed by atoms with Crippen LogP contribution in [0.15, 0.2) is 12.4 Å². The van der Waals surface area contributed by atoms with Crippen LogP contribution in [0.4, 0.5) is 0 Å². The first-order valence-electron chi connectivity index (χ1n) is 5.48. The van der Waals surface area contributed by atoms with Crippen molar-refractivity contribution in [1.29, 1.82) is 0 Å². The van der Waals surface area contributed by atoms with Crippen LogP contribution in [0.5, 0.6) is 0 Å². The lowest BCUT2D eigenvalue weighted by molar-refractivity contribution is -0.0395. The molecule has 0 amide bonds. The van der Waals surface area contributed by atoms with Crippen molar-refractivity contribution in [2.75, 3.05) is 6.61 Å². The minimum atomic E-state index is 0.187. The molecule has 1 aliphatic heterocycles. The van der Waals surface area contributed by atoms with Crippen LogP contribution in [0.1, 0.15) is 44.9 Å². The third-order valence-corrected chi connectivity index (χ3v) is 2.18. The molecule has 0 N–H and O–H groups in total. The summed E-state index contributed by atoms with van der Waals surface area (Å²) in [5, 5.41) is 4.23. The molecule has 1 atom stereocenters. The number of hydrogen-bond donors (Lipinski definition) is 0. The van der Waals surface area contributed by atoms with E-state index in [-0.39, 0.29) is 6.23 Å². The van der Waals surface area contributed by atoms with Gasteiger partial charge in [-0.1, -0.05) is 13.8 Å². The van der Waals surface area contributed by atoms with Gasteiger partial charge in [-0.2, -0.15) is 5.10 Å². The molecule has 1 aromatic rings. The van der Waals surface area contributed by atoms with E-state index in [1.165, 1.54) is 18.4 Å². The Kier molecular flexibility index (Phi) is 4.66. The number of nitrogens with zero attached hydrogens (tertiary/aromatic N) is 2. The summed E-state index contributed by atoms with van der Waals surface area (Å²) >= 11 is 0. The summed E-state index contributed by atoms with van der Waals surface area (Å²) in [4.78, 5) is 0. The van der Waals surface area contributed by atoms with E-state index in [9.17, 15) is 0 Å². The first-order chi connectivity index (χ1) is 6.86. The molecule has 3 nitrogen and oxygen atoms in total. The minimum absolute atomic E-state index is 0.187. The second-order valence-corrected chi connectivity index (χ2v) is 3.32. The Hall–Kier alpha value is -0.830. The zero-order valence-electron chi connectivity index (χ0n) is 9.36. The monoisotopic (exact) mass is 196 g/mol. The number of aryl methyl sites for hydroxylation is 1. The zero-order chi connectivity index (χ0) is 10.4. The Morgan fingerprint density at radius 1 is 1.43 bits per heavy atom. The van der Waals surface area contributed by atoms with Crippen LogP contribution in [0.3, 0.4) is 0 Å². The first kappa shape index (κ1) is 11.2. The van der Waals surface area contributed by atoms with Crippen LogP contribution in [-0.2, 0) is 4.74 Å². The largest absolute Gasteiger partial charge is 0.357 e. The molecule has 1 saturated heterocycles. The van der Waals surface area contributed by atoms with Gasteiger partial charge in [0.1, 0.15) is 6.23 Å². The topological polar surface area (TPSA) is 27.1 Å². The molecule has 0 radical (unpaired) electrons. The van der Waals surface area contributed by atoms with E-state index < -0.39 is 0 Å². The predicted molar refractivity (Wildman–Crippen MR) is 57.2 cm³/mol.